The molecule has 1 N–H and O–H groups in total. The van der Waals surface area contributed by atoms with Crippen molar-refractivity contribution < 1.29 is 4.92 Å². The summed E-state index contributed by atoms with van der Waals surface area (Å²) in [6.07, 6.45) is 3.34. The van der Waals surface area contributed by atoms with Gasteiger partial charge in [-0.3, -0.25) is 10.1 Å². The van der Waals surface area contributed by atoms with E-state index in [1.807, 2.05) is 6.07 Å². The van der Waals surface area contributed by atoms with E-state index in [2.05, 4.69) is 10.2 Å². The van der Waals surface area contributed by atoms with Crippen molar-refractivity contribution in [2.24, 2.45) is 0 Å². The molecule has 0 aromatic heterocycles. The lowest BCUT2D eigenvalue weighted by Gasteiger charge is -2.26. The van der Waals surface area contributed by atoms with Crippen LogP contribution in [0.5, 0.6) is 0 Å². The summed E-state index contributed by atoms with van der Waals surface area (Å²) in [5.74, 6) is 0. The molecule has 1 aromatic rings. The van der Waals surface area contributed by atoms with Gasteiger partial charge in [0.2, 0.25) is 0 Å². The van der Waals surface area contributed by atoms with E-state index in [0.717, 1.165) is 25.9 Å². The zero-order chi connectivity index (χ0) is 14.1. The number of fused-ring (bicyclic) bond motifs is 2. The summed E-state index contributed by atoms with van der Waals surface area (Å²) in [5.41, 5.74) is 0.986. The maximum absolute atomic E-state index is 11.2. The van der Waals surface area contributed by atoms with Crippen LogP contribution in [0.15, 0.2) is 18.2 Å². The Morgan fingerprint density at radius 1 is 1.35 bits per heavy atom. The maximum atomic E-state index is 11.2. The van der Waals surface area contributed by atoms with Gasteiger partial charge in [0.05, 0.1) is 16.6 Å². The second-order valence-electron chi connectivity index (χ2n) is 5.44. The first-order valence-electron chi connectivity index (χ1n) is 6.87. The monoisotopic (exact) mass is 272 g/mol. The zero-order valence-corrected chi connectivity index (χ0v) is 11.1. The molecule has 6 nitrogen and oxygen atoms in total. The van der Waals surface area contributed by atoms with Gasteiger partial charge < -0.3 is 10.2 Å². The Morgan fingerprint density at radius 3 is 2.90 bits per heavy atom. The Hall–Kier alpha value is -2.13. The SMILES string of the molecule is N#Cc1ccc(N2CCC3CCC(C2)N3)c([N+](=O)[O-])c1. The molecule has 2 aliphatic heterocycles. The Labute approximate surface area is 117 Å². The molecule has 1 aromatic carbocycles. The number of benzene rings is 1. The first kappa shape index (κ1) is 12.9. The molecule has 0 spiro atoms. The van der Waals surface area contributed by atoms with Crippen molar-refractivity contribution in [1.82, 2.24) is 5.32 Å². The molecule has 2 fully saturated rings. The van der Waals surface area contributed by atoms with E-state index in [1.165, 1.54) is 12.5 Å². The van der Waals surface area contributed by atoms with Crippen LogP contribution >= 0.6 is 0 Å². The average molecular weight is 272 g/mol. The fourth-order valence-electron chi connectivity index (χ4n) is 3.17. The van der Waals surface area contributed by atoms with Crippen molar-refractivity contribution in [2.45, 2.75) is 31.3 Å². The van der Waals surface area contributed by atoms with Crippen molar-refractivity contribution in [2.75, 3.05) is 18.0 Å². The molecule has 2 bridgehead atoms. The molecule has 2 atom stereocenters. The lowest BCUT2D eigenvalue weighted by molar-refractivity contribution is -0.384. The molecule has 2 aliphatic rings. The Balaban J connectivity index is 1.93. The fraction of sp³-hybridized carbons (Fsp3) is 0.500. The summed E-state index contributed by atoms with van der Waals surface area (Å²) >= 11 is 0. The number of anilines is 1. The minimum Gasteiger partial charge on any atom is -0.364 e. The highest BCUT2D eigenvalue weighted by Crippen LogP contribution is 2.32. The van der Waals surface area contributed by atoms with Crippen molar-refractivity contribution in [3.63, 3.8) is 0 Å². The van der Waals surface area contributed by atoms with Gasteiger partial charge in [0.15, 0.2) is 0 Å². The van der Waals surface area contributed by atoms with E-state index in [1.54, 1.807) is 12.1 Å². The number of nitriles is 1. The third-order valence-corrected chi connectivity index (χ3v) is 4.17. The van der Waals surface area contributed by atoms with Crippen LogP contribution in [-0.4, -0.2) is 30.1 Å². The smallest absolute Gasteiger partial charge is 0.293 e. The van der Waals surface area contributed by atoms with Gasteiger partial charge in [-0.25, -0.2) is 0 Å². The Kier molecular flexibility index (Phi) is 3.28. The Bertz CT molecular complexity index is 581. The number of nitro groups is 1. The van der Waals surface area contributed by atoms with Crippen LogP contribution in [0, 0.1) is 21.4 Å². The van der Waals surface area contributed by atoms with Gasteiger partial charge in [0, 0.05) is 31.2 Å². The average Bonchev–Trinajstić information content (AvgIpc) is 2.78. The van der Waals surface area contributed by atoms with Gasteiger partial charge in [0.1, 0.15) is 5.69 Å². The summed E-state index contributed by atoms with van der Waals surface area (Å²) in [5, 5.41) is 23.7. The van der Waals surface area contributed by atoms with E-state index in [0.29, 0.717) is 23.3 Å². The van der Waals surface area contributed by atoms with Gasteiger partial charge in [-0.15, -0.1) is 0 Å². The predicted octanol–water partition coefficient (Wildman–Crippen LogP) is 1.80. The van der Waals surface area contributed by atoms with Crippen LogP contribution in [0.4, 0.5) is 11.4 Å². The molecule has 0 aliphatic carbocycles. The number of nitrogens with one attached hydrogen (secondary N) is 1. The van der Waals surface area contributed by atoms with Crippen LogP contribution in [0.1, 0.15) is 24.8 Å². The lowest BCUT2D eigenvalue weighted by atomic mass is 10.1. The van der Waals surface area contributed by atoms with Crippen LogP contribution in [-0.2, 0) is 0 Å². The molecule has 104 valence electrons. The summed E-state index contributed by atoms with van der Waals surface area (Å²) in [6.45, 7) is 1.62. The number of hydrogen-bond donors (Lipinski definition) is 1. The summed E-state index contributed by atoms with van der Waals surface area (Å²) in [7, 11) is 0. The molecular formula is C14H16N4O2. The minimum atomic E-state index is -0.396. The van der Waals surface area contributed by atoms with Gasteiger partial charge in [-0.1, -0.05) is 0 Å². The lowest BCUT2D eigenvalue weighted by Crippen LogP contribution is -2.35. The van der Waals surface area contributed by atoms with Gasteiger partial charge >= 0.3 is 0 Å². The van der Waals surface area contributed by atoms with Crippen molar-refractivity contribution in [3.8, 4) is 6.07 Å². The number of nitro benzene ring substituents is 1. The molecule has 0 amide bonds. The molecule has 2 heterocycles. The molecule has 6 heteroatoms. The van der Waals surface area contributed by atoms with Crippen LogP contribution in [0.25, 0.3) is 0 Å². The van der Waals surface area contributed by atoms with Gasteiger partial charge in [-0.2, -0.15) is 5.26 Å². The van der Waals surface area contributed by atoms with E-state index in [9.17, 15) is 10.1 Å². The molecule has 20 heavy (non-hydrogen) atoms. The standard InChI is InChI=1S/C14H16N4O2/c15-8-10-1-4-13(14(7-10)18(19)20)17-6-5-11-2-3-12(9-17)16-11/h1,4,7,11-12,16H,2-3,5-6,9H2. The fourth-order valence-corrected chi connectivity index (χ4v) is 3.17. The molecule has 0 saturated carbocycles. The highest BCUT2D eigenvalue weighted by Gasteiger charge is 2.31. The van der Waals surface area contributed by atoms with Crippen molar-refractivity contribution in [1.29, 1.82) is 5.26 Å². The highest BCUT2D eigenvalue weighted by molar-refractivity contribution is 5.65. The van der Waals surface area contributed by atoms with E-state index < -0.39 is 4.92 Å². The number of rotatable bonds is 2. The highest BCUT2D eigenvalue weighted by atomic mass is 16.6. The molecular weight excluding hydrogens is 256 g/mol. The maximum Gasteiger partial charge on any atom is 0.293 e. The van der Waals surface area contributed by atoms with Gasteiger partial charge in [0.25, 0.3) is 5.69 Å². The van der Waals surface area contributed by atoms with E-state index in [4.69, 9.17) is 5.26 Å². The minimum absolute atomic E-state index is 0.0295. The topological polar surface area (TPSA) is 82.2 Å². The third kappa shape index (κ3) is 2.32. The number of nitrogens with zero attached hydrogens (tertiary/aromatic N) is 3. The van der Waals surface area contributed by atoms with E-state index >= 15 is 0 Å². The van der Waals surface area contributed by atoms with Crippen LogP contribution < -0.4 is 10.2 Å². The Morgan fingerprint density at radius 2 is 2.15 bits per heavy atom. The normalized spacial score (nSPS) is 25.1. The molecule has 2 saturated heterocycles. The summed E-state index contributed by atoms with van der Waals surface area (Å²) in [6, 6.07) is 7.64. The van der Waals surface area contributed by atoms with Crippen molar-refractivity contribution in [3.05, 3.63) is 33.9 Å². The van der Waals surface area contributed by atoms with Crippen LogP contribution in [0.2, 0.25) is 0 Å². The van der Waals surface area contributed by atoms with Crippen molar-refractivity contribution >= 4 is 11.4 Å². The largest absolute Gasteiger partial charge is 0.364 e. The first-order chi connectivity index (χ1) is 9.67. The summed E-state index contributed by atoms with van der Waals surface area (Å²) < 4.78 is 0. The van der Waals surface area contributed by atoms with Gasteiger partial charge in [-0.05, 0) is 31.4 Å². The molecule has 2 unspecified atom stereocenters. The second-order valence-corrected chi connectivity index (χ2v) is 5.44. The third-order valence-electron chi connectivity index (χ3n) is 4.17. The summed E-state index contributed by atoms with van der Waals surface area (Å²) in [4.78, 5) is 12.9. The first-order valence-corrected chi connectivity index (χ1v) is 6.87. The second kappa shape index (κ2) is 5.10. The molecule has 0 radical (unpaired) electrons. The predicted molar refractivity (Wildman–Crippen MR) is 74.6 cm³/mol. The van der Waals surface area contributed by atoms with Crippen LogP contribution in [0.3, 0.4) is 0 Å². The number of hydrogen-bond acceptors (Lipinski definition) is 5. The quantitative estimate of drug-likeness (QED) is 0.655. The molecule has 3 rings (SSSR count). The zero-order valence-electron chi connectivity index (χ0n) is 11.1. The van der Waals surface area contributed by atoms with E-state index in [-0.39, 0.29) is 5.69 Å².